The van der Waals surface area contributed by atoms with Gasteiger partial charge in [-0.1, -0.05) is 19.1 Å². The van der Waals surface area contributed by atoms with Crippen molar-refractivity contribution in [1.29, 1.82) is 0 Å². The maximum Gasteiger partial charge on any atom is 0.0801 e. The molecular weight excluding hydrogens is 236 g/mol. The van der Waals surface area contributed by atoms with Crippen molar-refractivity contribution >= 4 is 5.69 Å². The molecule has 0 aromatic heterocycles. The maximum absolute atomic E-state index is 5.76. The average molecular weight is 262 g/mol. The molecule has 1 fully saturated rings. The molecule has 1 aromatic carbocycles. The second-order valence-corrected chi connectivity index (χ2v) is 5.87. The number of hydrogen-bond acceptors (Lipinski definition) is 3. The molecular formula is C16H26N2O. The molecule has 3 heteroatoms. The summed E-state index contributed by atoms with van der Waals surface area (Å²) in [5.41, 5.74) is 2.61. The largest absolute Gasteiger partial charge is 0.372 e. The molecule has 0 radical (unpaired) electrons. The second-order valence-electron chi connectivity index (χ2n) is 5.87. The summed E-state index contributed by atoms with van der Waals surface area (Å²) in [7, 11) is 2.02. The van der Waals surface area contributed by atoms with Crippen LogP contribution in [0.15, 0.2) is 24.3 Å². The number of ether oxygens (including phenoxy) is 1. The Hall–Kier alpha value is -1.06. The van der Waals surface area contributed by atoms with Gasteiger partial charge in [0.15, 0.2) is 0 Å². The van der Waals surface area contributed by atoms with E-state index in [-0.39, 0.29) is 5.60 Å². The summed E-state index contributed by atoms with van der Waals surface area (Å²) in [5, 5.41) is 3.35. The zero-order valence-corrected chi connectivity index (χ0v) is 12.6. The fourth-order valence-electron chi connectivity index (χ4n) is 2.76. The van der Waals surface area contributed by atoms with Crippen molar-refractivity contribution in [1.82, 2.24) is 5.32 Å². The molecule has 1 aromatic rings. The number of hydrogen-bond donors (Lipinski definition) is 1. The summed E-state index contributed by atoms with van der Waals surface area (Å²) in [5.74, 6) is 0. The Morgan fingerprint density at radius 2 is 2.00 bits per heavy atom. The van der Waals surface area contributed by atoms with Gasteiger partial charge in [0.05, 0.1) is 12.2 Å². The molecule has 1 atom stereocenters. The minimum atomic E-state index is -0.0478. The number of nitrogens with one attached hydrogen (secondary N) is 1. The molecule has 0 bridgehead atoms. The van der Waals surface area contributed by atoms with Crippen molar-refractivity contribution < 1.29 is 4.74 Å². The van der Waals surface area contributed by atoms with Crippen LogP contribution in [0.1, 0.15) is 38.8 Å². The van der Waals surface area contributed by atoms with Crippen LogP contribution in [0.5, 0.6) is 0 Å². The van der Waals surface area contributed by atoms with Gasteiger partial charge >= 0.3 is 0 Å². The van der Waals surface area contributed by atoms with E-state index in [1.54, 1.807) is 0 Å². The molecule has 3 nitrogen and oxygen atoms in total. The summed E-state index contributed by atoms with van der Waals surface area (Å²) < 4.78 is 5.76. The van der Waals surface area contributed by atoms with Crippen LogP contribution in [0.25, 0.3) is 0 Å². The molecule has 1 saturated heterocycles. The van der Waals surface area contributed by atoms with E-state index in [9.17, 15) is 0 Å². The molecule has 1 heterocycles. The van der Waals surface area contributed by atoms with Crippen molar-refractivity contribution in [3.63, 3.8) is 0 Å². The Labute approximate surface area is 116 Å². The van der Waals surface area contributed by atoms with Gasteiger partial charge < -0.3 is 15.0 Å². The highest BCUT2D eigenvalue weighted by atomic mass is 16.5. The number of benzene rings is 1. The first kappa shape index (κ1) is 14.4. The molecule has 0 spiro atoms. The molecule has 1 unspecified atom stereocenters. The van der Waals surface area contributed by atoms with Crippen LogP contribution in [-0.4, -0.2) is 32.3 Å². The second kappa shape index (κ2) is 5.93. The quantitative estimate of drug-likeness (QED) is 0.903. The fraction of sp³-hybridized carbons (Fsp3) is 0.625. The van der Waals surface area contributed by atoms with E-state index in [4.69, 9.17) is 4.74 Å². The van der Waals surface area contributed by atoms with Gasteiger partial charge in [-0.3, -0.25) is 0 Å². The smallest absolute Gasteiger partial charge is 0.0801 e. The summed E-state index contributed by atoms with van der Waals surface area (Å²) in [6.07, 6.45) is 1.11. The van der Waals surface area contributed by atoms with E-state index in [1.807, 2.05) is 7.05 Å². The number of rotatable bonds is 4. The Morgan fingerprint density at radius 1 is 1.32 bits per heavy atom. The van der Waals surface area contributed by atoms with Crippen molar-refractivity contribution in [3.05, 3.63) is 29.8 Å². The predicted octanol–water partition coefficient (Wildman–Crippen LogP) is 2.97. The van der Waals surface area contributed by atoms with Crippen LogP contribution < -0.4 is 10.2 Å². The van der Waals surface area contributed by atoms with Gasteiger partial charge in [0.1, 0.15) is 0 Å². The third-order valence-corrected chi connectivity index (χ3v) is 3.84. The van der Waals surface area contributed by atoms with Gasteiger partial charge in [0.2, 0.25) is 0 Å². The van der Waals surface area contributed by atoms with E-state index < -0.39 is 0 Å². The normalized spacial score (nSPS) is 20.3. The highest BCUT2D eigenvalue weighted by Crippen LogP contribution is 2.25. The van der Waals surface area contributed by atoms with Crippen molar-refractivity contribution in [2.45, 2.75) is 38.8 Å². The third kappa shape index (κ3) is 3.48. The summed E-state index contributed by atoms with van der Waals surface area (Å²) in [6.45, 7) is 9.26. The van der Waals surface area contributed by atoms with E-state index in [2.05, 4.69) is 55.3 Å². The van der Waals surface area contributed by atoms with Crippen LogP contribution in [-0.2, 0) is 4.74 Å². The van der Waals surface area contributed by atoms with Crippen molar-refractivity contribution in [2.75, 3.05) is 31.6 Å². The fourth-order valence-corrected chi connectivity index (χ4v) is 2.76. The van der Waals surface area contributed by atoms with Gasteiger partial charge in [-0.2, -0.15) is 0 Å². The van der Waals surface area contributed by atoms with E-state index in [0.29, 0.717) is 6.04 Å². The summed E-state index contributed by atoms with van der Waals surface area (Å²) in [6, 6.07) is 9.40. The summed E-state index contributed by atoms with van der Waals surface area (Å²) in [4.78, 5) is 2.41. The van der Waals surface area contributed by atoms with E-state index >= 15 is 0 Å². The molecule has 2 rings (SSSR count). The number of nitrogens with zero attached hydrogens (tertiary/aromatic N) is 1. The highest BCUT2D eigenvalue weighted by molar-refractivity contribution is 5.48. The SMILES string of the molecule is CCC(NC)c1ccc(N2CCOC(C)(C)C2)cc1. The molecule has 19 heavy (non-hydrogen) atoms. The highest BCUT2D eigenvalue weighted by Gasteiger charge is 2.27. The average Bonchev–Trinajstić information content (AvgIpc) is 2.40. The van der Waals surface area contributed by atoms with Gasteiger partial charge in [-0.25, -0.2) is 0 Å². The third-order valence-electron chi connectivity index (χ3n) is 3.84. The van der Waals surface area contributed by atoms with Gasteiger partial charge in [-0.05, 0) is 45.0 Å². The van der Waals surface area contributed by atoms with E-state index in [1.165, 1.54) is 11.3 Å². The molecule has 106 valence electrons. The first-order chi connectivity index (χ1) is 9.05. The lowest BCUT2D eigenvalue weighted by atomic mass is 10.0. The molecule has 0 amide bonds. The minimum Gasteiger partial charge on any atom is -0.372 e. The van der Waals surface area contributed by atoms with Crippen molar-refractivity contribution in [3.8, 4) is 0 Å². The van der Waals surface area contributed by atoms with Crippen LogP contribution in [0.4, 0.5) is 5.69 Å². The Kier molecular flexibility index (Phi) is 4.48. The Morgan fingerprint density at radius 3 is 2.53 bits per heavy atom. The predicted molar refractivity (Wildman–Crippen MR) is 80.8 cm³/mol. The molecule has 1 aliphatic heterocycles. The van der Waals surface area contributed by atoms with Gasteiger partial charge in [0, 0.05) is 24.8 Å². The topological polar surface area (TPSA) is 24.5 Å². The minimum absolute atomic E-state index is 0.0478. The van der Waals surface area contributed by atoms with Gasteiger partial charge in [-0.15, -0.1) is 0 Å². The van der Waals surface area contributed by atoms with Crippen LogP contribution in [0, 0.1) is 0 Å². The molecule has 0 saturated carbocycles. The van der Waals surface area contributed by atoms with Gasteiger partial charge in [0.25, 0.3) is 0 Å². The lowest BCUT2D eigenvalue weighted by molar-refractivity contribution is -0.0276. The summed E-state index contributed by atoms with van der Waals surface area (Å²) >= 11 is 0. The maximum atomic E-state index is 5.76. The lowest BCUT2D eigenvalue weighted by Crippen LogP contribution is -2.48. The number of morpholine rings is 1. The standard InChI is InChI=1S/C16H26N2O/c1-5-15(17-4)13-6-8-14(9-7-13)18-10-11-19-16(2,3)12-18/h6-9,15,17H,5,10-12H2,1-4H3. The van der Waals surface area contributed by atoms with Crippen LogP contribution in [0.2, 0.25) is 0 Å². The van der Waals surface area contributed by atoms with Crippen molar-refractivity contribution in [2.24, 2.45) is 0 Å². The molecule has 0 aliphatic carbocycles. The molecule has 1 N–H and O–H groups in total. The van der Waals surface area contributed by atoms with E-state index in [0.717, 1.165) is 26.1 Å². The number of anilines is 1. The first-order valence-electron chi connectivity index (χ1n) is 7.22. The van der Waals surface area contributed by atoms with Crippen LogP contribution in [0.3, 0.4) is 0 Å². The zero-order chi connectivity index (χ0) is 13.9. The molecule has 1 aliphatic rings. The zero-order valence-electron chi connectivity index (χ0n) is 12.6. The van der Waals surface area contributed by atoms with Crippen LogP contribution >= 0.6 is 0 Å². The Balaban J connectivity index is 2.10. The Bertz CT molecular complexity index is 396. The monoisotopic (exact) mass is 262 g/mol. The first-order valence-corrected chi connectivity index (χ1v) is 7.22. The lowest BCUT2D eigenvalue weighted by Gasteiger charge is -2.39.